The molecule has 0 aliphatic carbocycles. The second-order valence-corrected chi connectivity index (χ2v) is 2.09. The lowest BCUT2D eigenvalue weighted by atomic mass is 10.3. The molecule has 0 aromatic rings. The van der Waals surface area contributed by atoms with Crippen molar-refractivity contribution in [1.29, 1.82) is 0 Å². The molecule has 0 spiro atoms. The molecule has 4 nitrogen and oxygen atoms in total. The number of ether oxygens (including phenoxy) is 1. The van der Waals surface area contributed by atoms with E-state index in [-0.39, 0.29) is 13.2 Å². The van der Waals surface area contributed by atoms with Crippen molar-refractivity contribution in [1.82, 2.24) is 0 Å². The maximum absolute atomic E-state index is 9.91. The van der Waals surface area contributed by atoms with Crippen LogP contribution in [0.3, 0.4) is 0 Å². The highest BCUT2D eigenvalue weighted by Gasteiger charge is 2.02. The molecule has 0 saturated heterocycles. The van der Waals surface area contributed by atoms with Crippen LogP contribution in [0.2, 0.25) is 0 Å². The van der Waals surface area contributed by atoms with Crippen LogP contribution in [0.15, 0.2) is 12.7 Å². The molecular formula is C7H12O4. The molecule has 0 bridgehead atoms. The highest BCUT2D eigenvalue weighted by Crippen LogP contribution is 1.92. The van der Waals surface area contributed by atoms with Gasteiger partial charge in [-0.1, -0.05) is 6.08 Å². The van der Waals surface area contributed by atoms with Gasteiger partial charge in [-0.2, -0.15) is 0 Å². The van der Waals surface area contributed by atoms with Crippen LogP contribution in [0.25, 0.3) is 0 Å². The van der Waals surface area contributed by atoms with E-state index >= 15 is 0 Å². The molecule has 0 fully saturated rings. The molecule has 0 aliphatic rings. The average Bonchev–Trinajstić information content (AvgIpc) is 1.87. The second-order valence-electron chi connectivity index (χ2n) is 2.09. The van der Waals surface area contributed by atoms with Crippen molar-refractivity contribution in [3.8, 4) is 0 Å². The molecule has 0 aliphatic heterocycles. The maximum Gasteiger partial charge on any atom is 0.329 e. The Kier molecular flexibility index (Phi) is 5.42. The van der Waals surface area contributed by atoms with E-state index in [0.717, 1.165) is 0 Å². The predicted molar refractivity (Wildman–Crippen MR) is 39.3 cm³/mol. The van der Waals surface area contributed by atoms with E-state index in [2.05, 4.69) is 11.3 Å². The number of hydrogen-bond acceptors (Lipinski definition) is 3. The predicted octanol–water partition coefficient (Wildman–Crippen LogP) is 0.0246. The monoisotopic (exact) mass is 160 g/mol. The molecule has 0 saturated carbocycles. The van der Waals surface area contributed by atoms with Gasteiger partial charge >= 0.3 is 5.97 Å². The molecule has 0 aromatic carbocycles. The van der Waals surface area contributed by atoms with Crippen LogP contribution in [-0.4, -0.2) is 35.5 Å². The van der Waals surface area contributed by atoms with Crippen molar-refractivity contribution >= 4 is 5.97 Å². The Morgan fingerprint density at radius 1 is 1.73 bits per heavy atom. The van der Waals surface area contributed by atoms with Crippen LogP contribution < -0.4 is 0 Å². The van der Waals surface area contributed by atoms with Gasteiger partial charge in [0, 0.05) is 0 Å². The molecule has 0 heterocycles. The summed E-state index contributed by atoms with van der Waals surface area (Å²) in [5, 5.41) is 17.1. The van der Waals surface area contributed by atoms with Gasteiger partial charge in [0.05, 0.1) is 12.7 Å². The third-order valence-electron chi connectivity index (χ3n) is 0.975. The van der Waals surface area contributed by atoms with Gasteiger partial charge in [0.2, 0.25) is 0 Å². The third-order valence-corrected chi connectivity index (χ3v) is 0.975. The van der Waals surface area contributed by atoms with Gasteiger partial charge in [0.1, 0.15) is 6.61 Å². The Labute approximate surface area is 65.1 Å². The normalized spacial score (nSPS) is 12.5. The fourth-order valence-corrected chi connectivity index (χ4v) is 0.543. The van der Waals surface area contributed by atoms with Crippen molar-refractivity contribution < 1.29 is 19.7 Å². The van der Waals surface area contributed by atoms with E-state index in [1.54, 1.807) is 6.08 Å². The first-order chi connectivity index (χ1) is 5.16. The minimum absolute atomic E-state index is 0.0400. The van der Waals surface area contributed by atoms with Crippen molar-refractivity contribution in [3.63, 3.8) is 0 Å². The zero-order chi connectivity index (χ0) is 8.69. The Balaban J connectivity index is 3.23. The third kappa shape index (κ3) is 7.02. The van der Waals surface area contributed by atoms with Crippen LogP contribution in [0.1, 0.15) is 6.42 Å². The molecule has 1 unspecified atom stereocenters. The van der Waals surface area contributed by atoms with Crippen molar-refractivity contribution in [2.24, 2.45) is 0 Å². The first kappa shape index (κ1) is 10.1. The van der Waals surface area contributed by atoms with Gasteiger partial charge in [-0.3, -0.25) is 0 Å². The maximum atomic E-state index is 9.91. The van der Waals surface area contributed by atoms with Crippen LogP contribution in [-0.2, 0) is 9.53 Å². The molecule has 2 N–H and O–H groups in total. The summed E-state index contributed by atoms with van der Waals surface area (Å²) in [6.07, 6.45) is 1.32. The highest BCUT2D eigenvalue weighted by molar-refractivity contribution is 5.67. The second kappa shape index (κ2) is 5.88. The van der Waals surface area contributed by atoms with Crippen LogP contribution in [0.4, 0.5) is 0 Å². The van der Waals surface area contributed by atoms with E-state index in [0.29, 0.717) is 6.42 Å². The fraction of sp³-hybridized carbons (Fsp3) is 0.571. The van der Waals surface area contributed by atoms with E-state index < -0.39 is 12.1 Å². The Morgan fingerprint density at radius 3 is 2.82 bits per heavy atom. The number of rotatable bonds is 6. The summed E-state index contributed by atoms with van der Waals surface area (Å²) >= 11 is 0. The number of aliphatic hydroxyl groups excluding tert-OH is 1. The first-order valence-corrected chi connectivity index (χ1v) is 3.25. The summed E-state index contributed by atoms with van der Waals surface area (Å²) in [6, 6.07) is 0. The quantitative estimate of drug-likeness (QED) is 0.538. The number of aliphatic carboxylic acids is 1. The number of carbonyl (C=O) groups is 1. The Hall–Kier alpha value is -0.870. The molecule has 1 atom stereocenters. The number of carboxylic acid groups (broad SMARTS) is 1. The number of aliphatic hydroxyl groups is 1. The lowest BCUT2D eigenvalue weighted by Crippen LogP contribution is -2.17. The van der Waals surface area contributed by atoms with Crippen LogP contribution >= 0.6 is 0 Å². The number of carboxylic acids is 1. The van der Waals surface area contributed by atoms with Gasteiger partial charge in [-0.25, -0.2) is 4.79 Å². The fourth-order valence-electron chi connectivity index (χ4n) is 0.543. The summed E-state index contributed by atoms with van der Waals surface area (Å²) in [5.41, 5.74) is 0. The molecule has 0 rings (SSSR count). The Bertz CT molecular complexity index is 132. The molecule has 0 radical (unpaired) electrons. The summed E-state index contributed by atoms with van der Waals surface area (Å²) in [7, 11) is 0. The van der Waals surface area contributed by atoms with Crippen molar-refractivity contribution in [2.45, 2.75) is 12.5 Å². The molecule has 64 valence electrons. The standard InChI is InChI=1S/C7H12O4/c1-2-3-6(8)4-11-5-7(9)10/h2,6,8H,1,3-5H2,(H,9,10). The summed E-state index contributed by atoms with van der Waals surface area (Å²) in [4.78, 5) is 9.91. The average molecular weight is 160 g/mol. The summed E-state index contributed by atoms with van der Waals surface area (Å²) < 4.78 is 4.61. The Morgan fingerprint density at radius 2 is 2.36 bits per heavy atom. The lowest BCUT2D eigenvalue weighted by molar-refractivity contribution is -0.143. The van der Waals surface area contributed by atoms with Gasteiger partial charge in [-0.15, -0.1) is 6.58 Å². The molecule has 11 heavy (non-hydrogen) atoms. The summed E-state index contributed by atoms with van der Waals surface area (Å²) in [5.74, 6) is -1.03. The molecule has 0 amide bonds. The molecule has 4 heteroatoms. The van der Waals surface area contributed by atoms with E-state index in [9.17, 15) is 4.79 Å². The van der Waals surface area contributed by atoms with Gasteiger partial charge in [0.15, 0.2) is 0 Å². The zero-order valence-corrected chi connectivity index (χ0v) is 6.19. The van der Waals surface area contributed by atoms with E-state index in [1.165, 1.54) is 0 Å². The smallest absolute Gasteiger partial charge is 0.329 e. The largest absolute Gasteiger partial charge is 0.480 e. The zero-order valence-electron chi connectivity index (χ0n) is 6.19. The lowest BCUT2D eigenvalue weighted by Gasteiger charge is -2.06. The van der Waals surface area contributed by atoms with Crippen molar-refractivity contribution in [3.05, 3.63) is 12.7 Å². The van der Waals surface area contributed by atoms with Gasteiger partial charge < -0.3 is 14.9 Å². The van der Waals surface area contributed by atoms with Gasteiger partial charge in [0.25, 0.3) is 0 Å². The highest BCUT2D eigenvalue weighted by atomic mass is 16.5. The topological polar surface area (TPSA) is 66.8 Å². The van der Waals surface area contributed by atoms with Crippen molar-refractivity contribution in [2.75, 3.05) is 13.2 Å². The SMILES string of the molecule is C=CCC(O)COCC(=O)O. The van der Waals surface area contributed by atoms with E-state index in [1.807, 2.05) is 0 Å². The van der Waals surface area contributed by atoms with E-state index in [4.69, 9.17) is 10.2 Å². The summed E-state index contributed by atoms with van der Waals surface area (Å²) in [6.45, 7) is 3.09. The molecule has 0 aromatic heterocycles. The minimum atomic E-state index is -1.03. The first-order valence-electron chi connectivity index (χ1n) is 3.25. The van der Waals surface area contributed by atoms with Crippen LogP contribution in [0.5, 0.6) is 0 Å². The van der Waals surface area contributed by atoms with Gasteiger partial charge in [-0.05, 0) is 6.42 Å². The molecular weight excluding hydrogens is 148 g/mol. The minimum Gasteiger partial charge on any atom is -0.480 e. The number of hydrogen-bond donors (Lipinski definition) is 2. The van der Waals surface area contributed by atoms with Crippen LogP contribution in [0, 0.1) is 0 Å².